The lowest BCUT2D eigenvalue weighted by Gasteiger charge is -2.40. The maximum Gasteiger partial charge on any atom is 0.233 e. The summed E-state index contributed by atoms with van der Waals surface area (Å²) in [6.07, 6.45) is 5.35. The van der Waals surface area contributed by atoms with Gasteiger partial charge in [0.15, 0.2) is 0 Å². The Balaban J connectivity index is 0.000000210. The number of hydrogen-bond donors (Lipinski definition) is 1. The number of halogens is 1. The summed E-state index contributed by atoms with van der Waals surface area (Å²) in [5, 5.41) is 18.2. The molecule has 1 atom stereocenters. The second-order valence-corrected chi connectivity index (χ2v) is 12.6. The van der Waals surface area contributed by atoms with Crippen LogP contribution in [0.2, 0.25) is 0 Å². The zero-order valence-electron chi connectivity index (χ0n) is 27.9. The maximum atomic E-state index is 11.1. The predicted molar refractivity (Wildman–Crippen MR) is 188 cm³/mol. The maximum absolute atomic E-state index is 11.1. The highest BCUT2D eigenvalue weighted by Crippen LogP contribution is 2.40. The van der Waals surface area contributed by atoms with Gasteiger partial charge in [-0.05, 0) is 74.5 Å². The summed E-state index contributed by atoms with van der Waals surface area (Å²) in [5.74, 6) is 1.72. The molecule has 2 heterocycles. The van der Waals surface area contributed by atoms with E-state index in [0.29, 0.717) is 12.5 Å². The van der Waals surface area contributed by atoms with Gasteiger partial charge >= 0.3 is 0 Å². The summed E-state index contributed by atoms with van der Waals surface area (Å²) < 4.78 is 18.4. The summed E-state index contributed by atoms with van der Waals surface area (Å²) >= 11 is 0. The number of hydrogen-bond acceptors (Lipinski definition) is 7. The summed E-state index contributed by atoms with van der Waals surface area (Å²) in [7, 11) is 5.83. The van der Waals surface area contributed by atoms with Crippen LogP contribution in [0, 0.1) is 6.92 Å². The van der Waals surface area contributed by atoms with Crippen molar-refractivity contribution in [3.63, 3.8) is 0 Å². The fraction of sp³-hybridized carbons (Fsp3) is 0.486. The van der Waals surface area contributed by atoms with Gasteiger partial charge in [0.2, 0.25) is 5.88 Å². The van der Waals surface area contributed by atoms with Crippen LogP contribution in [0.5, 0.6) is 11.6 Å². The summed E-state index contributed by atoms with van der Waals surface area (Å²) in [5.41, 5.74) is 2.77. The first-order chi connectivity index (χ1) is 21.8. The third kappa shape index (κ3) is 9.46. The zero-order valence-corrected chi connectivity index (χ0v) is 28.7. The van der Waals surface area contributed by atoms with Crippen molar-refractivity contribution < 1.29 is 19.3 Å². The lowest BCUT2D eigenvalue weighted by atomic mass is 9.72. The molecule has 0 spiro atoms. The quantitative estimate of drug-likeness (QED) is 0.210. The fourth-order valence-electron chi connectivity index (χ4n) is 6.49. The molecule has 2 fully saturated rings. The van der Waals surface area contributed by atoms with Crippen molar-refractivity contribution in [1.29, 1.82) is 0 Å². The minimum Gasteiger partial charge on any atom is -0.497 e. The second-order valence-electron chi connectivity index (χ2n) is 12.6. The number of aromatic nitrogens is 2. The molecule has 4 aromatic rings. The van der Waals surface area contributed by atoms with E-state index in [2.05, 4.69) is 90.5 Å². The van der Waals surface area contributed by atoms with Crippen LogP contribution < -0.4 is 9.47 Å². The Labute approximate surface area is 280 Å². The molecule has 1 aliphatic carbocycles. The molecule has 0 radical (unpaired) electrons. The monoisotopic (exact) mass is 650 g/mol. The van der Waals surface area contributed by atoms with Crippen molar-refractivity contribution in [2.75, 3.05) is 67.2 Å². The number of benzene rings is 3. The van der Waals surface area contributed by atoms with E-state index in [1.165, 1.54) is 22.8 Å². The summed E-state index contributed by atoms with van der Waals surface area (Å²) in [6.45, 7) is 8.08. The molecule has 1 unspecified atom stereocenters. The van der Waals surface area contributed by atoms with Crippen molar-refractivity contribution in [2.24, 2.45) is 0 Å². The largest absolute Gasteiger partial charge is 0.497 e. The zero-order chi connectivity index (χ0) is 31.6. The molecule has 6 rings (SSSR count). The molecule has 1 saturated carbocycles. The molecule has 1 N–H and O–H groups in total. The molecule has 0 amide bonds. The van der Waals surface area contributed by atoms with Crippen molar-refractivity contribution in [1.82, 2.24) is 19.6 Å². The van der Waals surface area contributed by atoms with E-state index in [4.69, 9.17) is 14.2 Å². The fourth-order valence-corrected chi connectivity index (χ4v) is 6.49. The van der Waals surface area contributed by atoms with E-state index in [0.717, 1.165) is 82.2 Å². The van der Waals surface area contributed by atoms with Crippen LogP contribution in [0.1, 0.15) is 49.3 Å². The highest BCUT2D eigenvalue weighted by molar-refractivity contribution is 5.85. The van der Waals surface area contributed by atoms with Gasteiger partial charge in [-0.15, -0.1) is 17.5 Å². The lowest BCUT2D eigenvalue weighted by molar-refractivity contribution is -0.0277. The van der Waals surface area contributed by atoms with E-state index in [9.17, 15) is 5.11 Å². The van der Waals surface area contributed by atoms with Crippen molar-refractivity contribution in [2.45, 2.75) is 50.5 Å². The third-order valence-electron chi connectivity index (χ3n) is 9.04. The number of rotatable bonds is 10. The first-order valence-corrected chi connectivity index (χ1v) is 16.3. The van der Waals surface area contributed by atoms with E-state index in [1.54, 1.807) is 7.11 Å². The molecule has 2 aliphatic rings. The SMILES string of the molecule is COc1ccc(C(CN(C)C)C2(O)CCCCC2)cc1.Cc1cc(OCCN2CCOCC2)nn1-c1ccc2ccccc2c1.Cl. The van der Waals surface area contributed by atoms with E-state index < -0.39 is 5.60 Å². The molecule has 0 bridgehead atoms. The Bertz CT molecular complexity index is 1480. The van der Waals surface area contributed by atoms with Gasteiger partial charge in [0.25, 0.3) is 0 Å². The van der Waals surface area contributed by atoms with Crippen molar-refractivity contribution >= 4 is 23.2 Å². The first kappa shape index (κ1) is 35.7. The van der Waals surface area contributed by atoms with Gasteiger partial charge in [-0.25, -0.2) is 4.68 Å². The van der Waals surface area contributed by atoms with Gasteiger partial charge in [-0.1, -0.05) is 61.7 Å². The Morgan fingerprint density at radius 3 is 2.30 bits per heavy atom. The summed E-state index contributed by atoms with van der Waals surface area (Å²) in [6, 6.07) is 24.9. The van der Waals surface area contributed by atoms with Crippen LogP contribution in [0.25, 0.3) is 16.5 Å². The van der Waals surface area contributed by atoms with Crippen molar-refractivity contribution in [3.05, 3.63) is 84.1 Å². The average Bonchev–Trinajstić information content (AvgIpc) is 3.44. The van der Waals surface area contributed by atoms with Crippen LogP contribution in [-0.2, 0) is 4.74 Å². The van der Waals surface area contributed by atoms with Gasteiger partial charge in [-0.3, -0.25) is 4.90 Å². The van der Waals surface area contributed by atoms with Gasteiger partial charge < -0.3 is 24.2 Å². The number of fused-ring (bicyclic) bond motifs is 1. The third-order valence-corrected chi connectivity index (χ3v) is 9.04. The van der Waals surface area contributed by atoms with E-state index in [1.807, 2.05) is 22.9 Å². The molecular formula is C37H51ClN4O4. The minimum absolute atomic E-state index is 0. The number of likely N-dealkylation sites (N-methyl/N-ethyl adjacent to an activating group) is 1. The van der Waals surface area contributed by atoms with Crippen LogP contribution in [0.3, 0.4) is 0 Å². The Morgan fingerprint density at radius 2 is 1.63 bits per heavy atom. The van der Waals surface area contributed by atoms with Crippen molar-refractivity contribution in [3.8, 4) is 17.3 Å². The Morgan fingerprint density at radius 1 is 0.935 bits per heavy atom. The molecular weight excluding hydrogens is 600 g/mol. The van der Waals surface area contributed by atoms with E-state index >= 15 is 0 Å². The van der Waals surface area contributed by atoms with Crippen LogP contribution in [0.15, 0.2) is 72.8 Å². The van der Waals surface area contributed by atoms with Crippen LogP contribution >= 0.6 is 12.4 Å². The summed E-state index contributed by atoms with van der Waals surface area (Å²) in [4.78, 5) is 4.53. The standard InChI is InChI=1S/C20H23N3O2.C17H27NO2.ClH/c1-16-14-20(25-13-10-22-8-11-24-12-9-22)21-23(16)19-7-6-17-4-2-3-5-18(17)15-19;1-18(2)13-16(17(19)11-5-4-6-12-17)14-7-9-15(20-3)10-8-14;/h2-7,14-15H,8-13H2,1H3;7-10,16,19H,4-6,11-13H2,1-3H3;1H. The number of nitrogens with zero attached hydrogens (tertiary/aromatic N) is 4. The number of methoxy groups -OCH3 is 1. The Hall–Kier alpha value is -3.14. The molecule has 1 aromatic heterocycles. The first-order valence-electron chi connectivity index (χ1n) is 16.3. The lowest BCUT2D eigenvalue weighted by Crippen LogP contribution is -2.42. The highest BCUT2D eigenvalue weighted by atomic mass is 35.5. The van der Waals surface area contributed by atoms with Crippen LogP contribution in [-0.4, -0.2) is 97.5 Å². The molecule has 8 nitrogen and oxygen atoms in total. The smallest absolute Gasteiger partial charge is 0.233 e. The van der Waals surface area contributed by atoms with Crippen LogP contribution in [0.4, 0.5) is 0 Å². The molecule has 1 aliphatic heterocycles. The minimum atomic E-state index is -0.558. The number of morpholine rings is 1. The number of ether oxygens (including phenoxy) is 3. The van der Waals surface area contributed by atoms with Gasteiger partial charge in [0.05, 0.1) is 31.6 Å². The second kappa shape index (κ2) is 17.1. The highest BCUT2D eigenvalue weighted by Gasteiger charge is 2.38. The topological polar surface area (TPSA) is 72.2 Å². The molecule has 46 heavy (non-hydrogen) atoms. The predicted octanol–water partition coefficient (Wildman–Crippen LogP) is 6.50. The number of aryl methyl sites for hydroxylation is 1. The molecule has 1 saturated heterocycles. The van der Waals surface area contributed by atoms with Gasteiger partial charge in [-0.2, -0.15) is 0 Å². The molecule has 250 valence electrons. The average molecular weight is 651 g/mol. The normalized spacial score (nSPS) is 17.1. The Kier molecular flexibility index (Phi) is 13.3. The molecule has 3 aromatic carbocycles. The number of aliphatic hydroxyl groups is 1. The van der Waals surface area contributed by atoms with Gasteiger partial charge in [0.1, 0.15) is 12.4 Å². The molecule has 9 heteroatoms. The van der Waals surface area contributed by atoms with E-state index in [-0.39, 0.29) is 18.3 Å². The van der Waals surface area contributed by atoms with Gasteiger partial charge in [0, 0.05) is 43.9 Å².